The van der Waals surface area contributed by atoms with E-state index in [0.29, 0.717) is 0 Å². The second-order valence-electron chi connectivity index (χ2n) is 5.65. The monoisotopic (exact) mass is 314 g/mol. The molecule has 1 heterocycles. The van der Waals surface area contributed by atoms with Crippen molar-refractivity contribution < 1.29 is 4.39 Å². The van der Waals surface area contributed by atoms with Crippen LogP contribution in [0.15, 0.2) is 22.7 Å². The Labute approximate surface area is 117 Å². The molecule has 0 atom stereocenters. The van der Waals surface area contributed by atoms with Gasteiger partial charge < -0.3 is 5.32 Å². The summed E-state index contributed by atoms with van der Waals surface area (Å²) in [7, 11) is 0. The molecule has 0 unspecified atom stereocenters. The Balaban J connectivity index is 2.07. The van der Waals surface area contributed by atoms with Crippen molar-refractivity contribution >= 4 is 15.9 Å². The van der Waals surface area contributed by atoms with E-state index in [1.54, 1.807) is 6.07 Å². The molecule has 100 valence electrons. The molecular weight excluding hydrogens is 295 g/mol. The zero-order valence-corrected chi connectivity index (χ0v) is 12.6. The maximum absolute atomic E-state index is 13.4. The van der Waals surface area contributed by atoms with E-state index in [1.807, 2.05) is 6.07 Å². The van der Waals surface area contributed by atoms with Crippen molar-refractivity contribution in [2.24, 2.45) is 0 Å². The fourth-order valence-corrected chi connectivity index (χ4v) is 3.03. The van der Waals surface area contributed by atoms with Crippen molar-refractivity contribution in [2.45, 2.75) is 32.4 Å². The summed E-state index contributed by atoms with van der Waals surface area (Å²) in [6.45, 7) is 8.34. The molecule has 0 radical (unpaired) electrons. The first-order valence-corrected chi connectivity index (χ1v) is 7.16. The summed E-state index contributed by atoms with van der Waals surface area (Å²) in [5, 5.41) is 3.53. The van der Waals surface area contributed by atoms with Gasteiger partial charge in [0.15, 0.2) is 0 Å². The minimum absolute atomic E-state index is 0.126. The zero-order chi connectivity index (χ0) is 13.2. The number of hydrogen-bond donors (Lipinski definition) is 1. The van der Waals surface area contributed by atoms with Crippen LogP contribution in [0.25, 0.3) is 0 Å². The predicted octanol–water partition coefficient (Wildman–Crippen LogP) is 3.16. The van der Waals surface area contributed by atoms with E-state index in [1.165, 1.54) is 6.07 Å². The molecule has 0 aromatic heterocycles. The van der Waals surface area contributed by atoms with Crippen LogP contribution in [-0.2, 0) is 6.54 Å². The molecule has 0 bridgehead atoms. The lowest BCUT2D eigenvalue weighted by molar-refractivity contribution is 0.223. The largest absolute Gasteiger partial charge is 0.310 e. The average molecular weight is 315 g/mol. The van der Waals surface area contributed by atoms with Gasteiger partial charge in [0.2, 0.25) is 0 Å². The van der Waals surface area contributed by atoms with Gasteiger partial charge in [-0.2, -0.15) is 0 Å². The van der Waals surface area contributed by atoms with Crippen LogP contribution < -0.4 is 5.32 Å². The summed E-state index contributed by atoms with van der Waals surface area (Å²) in [5.74, 6) is -0.174. The van der Waals surface area contributed by atoms with Crippen molar-refractivity contribution in [1.82, 2.24) is 10.2 Å². The van der Waals surface area contributed by atoms with E-state index in [9.17, 15) is 4.39 Å². The minimum atomic E-state index is -0.174. The Kier molecular flexibility index (Phi) is 4.41. The fourth-order valence-electron chi connectivity index (χ4n) is 2.52. The van der Waals surface area contributed by atoms with Gasteiger partial charge in [-0.1, -0.05) is 15.9 Å². The number of halogens is 2. The molecule has 1 aliphatic rings. The highest BCUT2D eigenvalue weighted by Gasteiger charge is 2.23. The standard InChI is InChI=1S/C14H20BrFN2/c1-14(2)10-18(5-3-4-17-14)9-11-6-12(15)8-13(16)7-11/h6-8,17H,3-5,9-10H2,1-2H3. The molecule has 0 aliphatic carbocycles. The Morgan fingerprint density at radius 3 is 2.89 bits per heavy atom. The van der Waals surface area contributed by atoms with E-state index in [0.717, 1.165) is 42.6 Å². The molecule has 0 saturated carbocycles. The lowest BCUT2D eigenvalue weighted by Gasteiger charge is -2.30. The maximum Gasteiger partial charge on any atom is 0.124 e. The van der Waals surface area contributed by atoms with E-state index >= 15 is 0 Å². The molecule has 1 fully saturated rings. The van der Waals surface area contributed by atoms with Crippen LogP contribution in [0.1, 0.15) is 25.8 Å². The molecule has 1 N–H and O–H groups in total. The number of rotatable bonds is 2. The smallest absolute Gasteiger partial charge is 0.124 e. The molecule has 0 amide bonds. The number of benzene rings is 1. The summed E-state index contributed by atoms with van der Waals surface area (Å²) in [6.07, 6.45) is 1.14. The van der Waals surface area contributed by atoms with Crippen LogP contribution in [0.2, 0.25) is 0 Å². The van der Waals surface area contributed by atoms with Crippen molar-refractivity contribution in [2.75, 3.05) is 19.6 Å². The summed E-state index contributed by atoms with van der Waals surface area (Å²) < 4.78 is 14.2. The van der Waals surface area contributed by atoms with Crippen LogP contribution in [0.5, 0.6) is 0 Å². The van der Waals surface area contributed by atoms with Gasteiger partial charge in [0.1, 0.15) is 5.82 Å². The Bertz CT molecular complexity index is 400. The van der Waals surface area contributed by atoms with Crippen LogP contribution >= 0.6 is 15.9 Å². The molecule has 4 heteroatoms. The highest BCUT2D eigenvalue weighted by Crippen LogP contribution is 2.18. The fraction of sp³-hybridized carbons (Fsp3) is 0.571. The summed E-state index contributed by atoms with van der Waals surface area (Å²) in [4.78, 5) is 2.39. The highest BCUT2D eigenvalue weighted by molar-refractivity contribution is 9.10. The number of nitrogens with one attached hydrogen (secondary N) is 1. The van der Waals surface area contributed by atoms with E-state index < -0.39 is 0 Å². The van der Waals surface area contributed by atoms with Gasteiger partial charge in [0.05, 0.1) is 0 Å². The predicted molar refractivity (Wildman–Crippen MR) is 76.1 cm³/mol. The van der Waals surface area contributed by atoms with E-state index in [4.69, 9.17) is 0 Å². The average Bonchev–Trinajstić information content (AvgIpc) is 2.37. The molecule has 1 saturated heterocycles. The van der Waals surface area contributed by atoms with Gasteiger partial charge in [-0.05, 0) is 57.1 Å². The molecule has 2 nitrogen and oxygen atoms in total. The Morgan fingerprint density at radius 2 is 2.17 bits per heavy atom. The lowest BCUT2D eigenvalue weighted by Crippen LogP contribution is -2.46. The summed E-state index contributed by atoms with van der Waals surface area (Å²) >= 11 is 3.34. The summed E-state index contributed by atoms with van der Waals surface area (Å²) in [6, 6.07) is 5.11. The maximum atomic E-state index is 13.4. The first kappa shape index (κ1) is 14.0. The van der Waals surface area contributed by atoms with Crippen LogP contribution in [0.4, 0.5) is 4.39 Å². The Morgan fingerprint density at radius 1 is 1.39 bits per heavy atom. The normalized spacial score (nSPS) is 20.7. The van der Waals surface area contributed by atoms with Gasteiger partial charge in [-0.25, -0.2) is 4.39 Å². The van der Waals surface area contributed by atoms with Crippen molar-refractivity contribution in [1.29, 1.82) is 0 Å². The lowest BCUT2D eigenvalue weighted by atomic mass is 10.1. The SMILES string of the molecule is CC1(C)CN(Cc2cc(F)cc(Br)c2)CCCN1. The first-order valence-electron chi connectivity index (χ1n) is 6.37. The van der Waals surface area contributed by atoms with Crippen molar-refractivity contribution in [3.63, 3.8) is 0 Å². The summed E-state index contributed by atoms with van der Waals surface area (Å²) in [5.41, 5.74) is 1.15. The second-order valence-corrected chi connectivity index (χ2v) is 6.57. The minimum Gasteiger partial charge on any atom is -0.310 e. The van der Waals surface area contributed by atoms with Crippen LogP contribution in [-0.4, -0.2) is 30.1 Å². The van der Waals surface area contributed by atoms with Gasteiger partial charge >= 0.3 is 0 Å². The van der Waals surface area contributed by atoms with Crippen LogP contribution in [0, 0.1) is 5.82 Å². The third-order valence-corrected chi connectivity index (χ3v) is 3.66. The quantitative estimate of drug-likeness (QED) is 0.902. The number of nitrogens with zero attached hydrogens (tertiary/aromatic N) is 1. The van der Waals surface area contributed by atoms with Gasteiger partial charge in [-0.15, -0.1) is 0 Å². The van der Waals surface area contributed by atoms with E-state index in [2.05, 4.69) is 40.0 Å². The Hall–Kier alpha value is -0.450. The number of hydrogen-bond acceptors (Lipinski definition) is 2. The molecule has 1 aromatic rings. The van der Waals surface area contributed by atoms with Gasteiger partial charge in [-0.3, -0.25) is 4.90 Å². The molecule has 18 heavy (non-hydrogen) atoms. The van der Waals surface area contributed by atoms with Crippen molar-refractivity contribution in [3.05, 3.63) is 34.1 Å². The molecule has 1 aliphatic heterocycles. The van der Waals surface area contributed by atoms with Gasteiger partial charge in [0.25, 0.3) is 0 Å². The molecular formula is C14H20BrFN2. The molecule has 1 aromatic carbocycles. The van der Waals surface area contributed by atoms with E-state index in [-0.39, 0.29) is 11.4 Å². The van der Waals surface area contributed by atoms with Gasteiger partial charge in [0, 0.05) is 23.1 Å². The zero-order valence-electron chi connectivity index (χ0n) is 11.0. The third kappa shape index (κ3) is 4.04. The molecule has 0 spiro atoms. The topological polar surface area (TPSA) is 15.3 Å². The first-order chi connectivity index (χ1) is 8.44. The second kappa shape index (κ2) is 5.68. The van der Waals surface area contributed by atoms with Crippen molar-refractivity contribution in [3.8, 4) is 0 Å². The van der Waals surface area contributed by atoms with Crippen LogP contribution in [0.3, 0.4) is 0 Å². The molecule has 2 rings (SSSR count). The highest BCUT2D eigenvalue weighted by atomic mass is 79.9. The third-order valence-electron chi connectivity index (χ3n) is 3.20.